The number of amides is 1. The van der Waals surface area contributed by atoms with Gasteiger partial charge in [0.25, 0.3) is 0 Å². The summed E-state index contributed by atoms with van der Waals surface area (Å²) in [4.78, 5) is 13.8. The number of ether oxygens (including phenoxy) is 1. The van der Waals surface area contributed by atoms with Crippen molar-refractivity contribution in [1.29, 1.82) is 0 Å². The molecule has 4 nitrogen and oxygen atoms in total. The molecule has 100 valence electrons. The van der Waals surface area contributed by atoms with Gasteiger partial charge in [-0.3, -0.25) is 0 Å². The molecule has 0 unspecified atom stereocenters. The largest absolute Gasteiger partial charge is 0.444 e. The summed E-state index contributed by atoms with van der Waals surface area (Å²) in [6.07, 6.45) is -0.164. The minimum Gasteiger partial charge on any atom is -0.444 e. The summed E-state index contributed by atoms with van der Waals surface area (Å²) < 4.78 is 5.40. The zero-order chi connectivity index (χ0) is 12.0. The van der Waals surface area contributed by atoms with Crippen LogP contribution < -0.4 is 5.32 Å². The van der Waals surface area contributed by atoms with Gasteiger partial charge in [-0.25, -0.2) is 4.79 Å². The highest BCUT2D eigenvalue weighted by molar-refractivity contribution is 5.85. The Labute approximate surface area is 109 Å². The summed E-state index contributed by atoms with van der Waals surface area (Å²) in [6, 6.07) is 0. The molecule has 17 heavy (non-hydrogen) atoms. The van der Waals surface area contributed by atoms with E-state index < -0.39 is 5.60 Å². The Morgan fingerprint density at radius 1 is 1.47 bits per heavy atom. The summed E-state index contributed by atoms with van der Waals surface area (Å²) in [5.74, 6) is 0.583. The van der Waals surface area contributed by atoms with Crippen LogP contribution in [0.2, 0.25) is 0 Å². The fourth-order valence-electron chi connectivity index (χ4n) is 2.62. The van der Waals surface area contributed by atoms with Gasteiger partial charge in [0.05, 0.1) is 0 Å². The molecule has 2 saturated heterocycles. The molecule has 2 aliphatic heterocycles. The molecule has 0 radical (unpaired) electrons. The fraction of sp³-hybridized carbons (Fsp3) is 0.917. The average Bonchev–Trinajstić information content (AvgIpc) is 2.55. The molecule has 0 saturated carbocycles. The van der Waals surface area contributed by atoms with Gasteiger partial charge in [-0.2, -0.15) is 0 Å². The van der Waals surface area contributed by atoms with E-state index in [2.05, 4.69) is 12.2 Å². The van der Waals surface area contributed by atoms with Crippen LogP contribution in [0.1, 0.15) is 27.7 Å². The lowest BCUT2D eigenvalue weighted by Gasteiger charge is -2.26. The number of hydrogen-bond acceptors (Lipinski definition) is 3. The van der Waals surface area contributed by atoms with E-state index >= 15 is 0 Å². The molecule has 5 heteroatoms. The van der Waals surface area contributed by atoms with Gasteiger partial charge in [0.1, 0.15) is 5.60 Å². The maximum absolute atomic E-state index is 11.9. The topological polar surface area (TPSA) is 41.6 Å². The van der Waals surface area contributed by atoms with Crippen molar-refractivity contribution in [3.63, 3.8) is 0 Å². The molecule has 0 bridgehead atoms. The molecule has 0 aromatic rings. The minimum atomic E-state index is -0.395. The number of carbonyl (C=O) groups excluding carboxylic acids is 1. The lowest BCUT2D eigenvalue weighted by Crippen LogP contribution is -2.38. The predicted molar refractivity (Wildman–Crippen MR) is 69.5 cm³/mol. The minimum absolute atomic E-state index is 0. The van der Waals surface area contributed by atoms with E-state index in [-0.39, 0.29) is 23.9 Å². The molecule has 2 fully saturated rings. The van der Waals surface area contributed by atoms with E-state index in [9.17, 15) is 4.79 Å². The van der Waals surface area contributed by atoms with Crippen LogP contribution in [-0.4, -0.2) is 42.8 Å². The van der Waals surface area contributed by atoms with Crippen molar-refractivity contribution in [2.75, 3.05) is 26.2 Å². The summed E-state index contributed by atoms with van der Waals surface area (Å²) >= 11 is 0. The Balaban J connectivity index is 0.00000144. The van der Waals surface area contributed by atoms with E-state index in [0.29, 0.717) is 5.92 Å². The normalized spacial score (nSPS) is 32.0. The van der Waals surface area contributed by atoms with Crippen molar-refractivity contribution >= 4 is 18.5 Å². The monoisotopic (exact) mass is 262 g/mol. The van der Waals surface area contributed by atoms with E-state index in [1.165, 1.54) is 0 Å². The highest BCUT2D eigenvalue weighted by Gasteiger charge is 2.48. The highest BCUT2D eigenvalue weighted by Crippen LogP contribution is 2.38. The van der Waals surface area contributed by atoms with Gasteiger partial charge in [0.15, 0.2) is 0 Å². The number of nitrogens with zero attached hydrogens (tertiary/aromatic N) is 1. The van der Waals surface area contributed by atoms with Crippen LogP contribution >= 0.6 is 12.4 Å². The third-order valence-corrected chi connectivity index (χ3v) is 3.55. The SMILES string of the molecule is CC(C)(C)OC(=O)N1C[C@H]2CNC[C@]2(C)C1.Cl. The third kappa shape index (κ3) is 3.05. The third-order valence-electron chi connectivity index (χ3n) is 3.55. The standard InChI is InChI=1S/C12H22N2O2.ClH/c1-11(2,3)16-10(15)14-6-9-5-13-7-12(9,4)8-14;/h9,13H,5-8H2,1-4H3;1H/t9-,12-;/m1./s1. The first-order chi connectivity index (χ1) is 7.30. The van der Waals surface area contributed by atoms with Crippen molar-refractivity contribution in [2.24, 2.45) is 11.3 Å². The van der Waals surface area contributed by atoms with E-state index in [4.69, 9.17) is 4.74 Å². The van der Waals surface area contributed by atoms with Gasteiger partial charge >= 0.3 is 6.09 Å². The van der Waals surface area contributed by atoms with Crippen molar-refractivity contribution in [2.45, 2.75) is 33.3 Å². The van der Waals surface area contributed by atoms with Crippen molar-refractivity contribution < 1.29 is 9.53 Å². The number of rotatable bonds is 0. The molecule has 0 aromatic heterocycles. The molecule has 0 spiro atoms. The summed E-state index contributed by atoms with van der Waals surface area (Å²) in [5.41, 5.74) is -0.148. The van der Waals surface area contributed by atoms with Crippen LogP contribution in [0.25, 0.3) is 0 Å². The van der Waals surface area contributed by atoms with Crippen molar-refractivity contribution in [3.05, 3.63) is 0 Å². The fourth-order valence-corrected chi connectivity index (χ4v) is 2.62. The molecular formula is C12H23ClN2O2. The quantitative estimate of drug-likeness (QED) is 0.725. The van der Waals surface area contributed by atoms with Gasteiger partial charge < -0.3 is 15.0 Å². The highest BCUT2D eigenvalue weighted by atomic mass is 35.5. The Kier molecular flexibility index (Phi) is 3.99. The van der Waals surface area contributed by atoms with Gasteiger partial charge in [0.2, 0.25) is 0 Å². The maximum atomic E-state index is 11.9. The van der Waals surface area contributed by atoms with Crippen molar-refractivity contribution in [3.8, 4) is 0 Å². The van der Waals surface area contributed by atoms with Crippen LogP contribution in [-0.2, 0) is 4.74 Å². The number of fused-ring (bicyclic) bond motifs is 1. The van der Waals surface area contributed by atoms with Crippen LogP contribution in [0.5, 0.6) is 0 Å². The lowest BCUT2D eigenvalue weighted by molar-refractivity contribution is 0.0272. The van der Waals surface area contributed by atoms with E-state index in [0.717, 1.165) is 26.2 Å². The second-order valence-corrected chi connectivity index (χ2v) is 6.34. The number of nitrogens with one attached hydrogen (secondary N) is 1. The number of carbonyl (C=O) groups is 1. The van der Waals surface area contributed by atoms with Crippen LogP contribution in [0.15, 0.2) is 0 Å². The van der Waals surface area contributed by atoms with Gasteiger partial charge in [0, 0.05) is 31.6 Å². The van der Waals surface area contributed by atoms with Gasteiger partial charge in [-0.15, -0.1) is 12.4 Å². The molecule has 0 aliphatic carbocycles. The van der Waals surface area contributed by atoms with E-state index in [1.807, 2.05) is 25.7 Å². The molecular weight excluding hydrogens is 240 g/mol. The second kappa shape index (κ2) is 4.65. The Bertz CT molecular complexity index is 303. The number of likely N-dealkylation sites (tertiary alicyclic amines) is 1. The summed E-state index contributed by atoms with van der Waals surface area (Å²) in [5, 5.41) is 3.39. The van der Waals surface area contributed by atoms with E-state index in [1.54, 1.807) is 0 Å². The first kappa shape index (κ1) is 14.6. The lowest BCUT2D eigenvalue weighted by atomic mass is 9.83. The molecule has 2 aliphatic rings. The molecule has 2 rings (SSSR count). The first-order valence-corrected chi connectivity index (χ1v) is 5.99. The second-order valence-electron chi connectivity index (χ2n) is 6.34. The Morgan fingerprint density at radius 2 is 2.12 bits per heavy atom. The molecule has 2 atom stereocenters. The van der Waals surface area contributed by atoms with Gasteiger partial charge in [-0.1, -0.05) is 6.92 Å². The molecule has 1 amide bonds. The number of halogens is 1. The first-order valence-electron chi connectivity index (χ1n) is 5.99. The molecule has 2 heterocycles. The van der Waals surface area contributed by atoms with Gasteiger partial charge in [-0.05, 0) is 26.7 Å². The van der Waals surface area contributed by atoms with Crippen LogP contribution in [0, 0.1) is 11.3 Å². The molecule has 0 aromatic carbocycles. The Hall–Kier alpha value is -0.480. The van der Waals surface area contributed by atoms with Crippen LogP contribution in [0.4, 0.5) is 4.79 Å². The van der Waals surface area contributed by atoms with Crippen LogP contribution in [0.3, 0.4) is 0 Å². The average molecular weight is 263 g/mol. The van der Waals surface area contributed by atoms with Crippen molar-refractivity contribution in [1.82, 2.24) is 10.2 Å². The Morgan fingerprint density at radius 3 is 2.65 bits per heavy atom. The molecule has 1 N–H and O–H groups in total. The summed E-state index contributed by atoms with van der Waals surface area (Å²) in [7, 11) is 0. The zero-order valence-electron chi connectivity index (χ0n) is 11.1. The number of hydrogen-bond donors (Lipinski definition) is 1. The zero-order valence-corrected chi connectivity index (χ0v) is 11.9. The predicted octanol–water partition coefficient (Wildman–Crippen LogP) is 1.88. The maximum Gasteiger partial charge on any atom is 0.410 e. The summed E-state index contributed by atoms with van der Waals surface area (Å²) in [6.45, 7) is 11.7. The smallest absolute Gasteiger partial charge is 0.410 e.